The van der Waals surface area contributed by atoms with Gasteiger partial charge in [0.1, 0.15) is 0 Å². The second kappa shape index (κ2) is 5.32. The third-order valence-electron chi connectivity index (χ3n) is 2.14. The summed E-state index contributed by atoms with van der Waals surface area (Å²) >= 11 is 0. The molecule has 0 spiro atoms. The summed E-state index contributed by atoms with van der Waals surface area (Å²) in [7, 11) is -1.37. The van der Waals surface area contributed by atoms with Crippen molar-refractivity contribution in [1.29, 1.82) is 0 Å². The van der Waals surface area contributed by atoms with Crippen LogP contribution in [0.4, 0.5) is 8.78 Å². The van der Waals surface area contributed by atoms with E-state index in [1.807, 2.05) is 6.92 Å². The Hall–Kier alpha value is -0.810. The van der Waals surface area contributed by atoms with E-state index in [0.717, 1.165) is 12.1 Å². The zero-order chi connectivity index (χ0) is 11.4. The highest BCUT2D eigenvalue weighted by Crippen LogP contribution is 2.16. The fourth-order valence-corrected chi connectivity index (χ4v) is 2.48. The first-order valence-corrected chi connectivity index (χ1v) is 5.87. The molecule has 0 saturated carbocycles. The molecule has 0 saturated heterocycles. The van der Waals surface area contributed by atoms with Crippen LogP contribution in [0.15, 0.2) is 23.1 Å². The van der Waals surface area contributed by atoms with Crippen molar-refractivity contribution in [3.05, 3.63) is 29.8 Å². The van der Waals surface area contributed by atoms with E-state index in [-0.39, 0.29) is 16.7 Å². The van der Waals surface area contributed by atoms with E-state index < -0.39 is 22.4 Å². The Labute approximate surface area is 89.9 Å². The van der Waals surface area contributed by atoms with E-state index in [4.69, 9.17) is 5.73 Å². The molecule has 0 bridgehead atoms. The molecule has 0 heterocycles. The van der Waals surface area contributed by atoms with Gasteiger partial charge in [0.25, 0.3) is 0 Å². The molecule has 1 aromatic carbocycles. The number of nitrogens with two attached hydrogens (primary N) is 1. The predicted molar refractivity (Wildman–Crippen MR) is 55.9 cm³/mol. The van der Waals surface area contributed by atoms with Crippen molar-refractivity contribution in [3.63, 3.8) is 0 Å². The molecule has 0 amide bonds. The Morgan fingerprint density at radius 2 is 2.07 bits per heavy atom. The molecule has 0 aliphatic rings. The Morgan fingerprint density at radius 1 is 1.40 bits per heavy atom. The van der Waals surface area contributed by atoms with Crippen molar-refractivity contribution in [1.82, 2.24) is 0 Å². The van der Waals surface area contributed by atoms with Crippen LogP contribution >= 0.6 is 0 Å². The Bertz CT molecular complexity index is 366. The third-order valence-corrected chi connectivity index (χ3v) is 3.99. The topological polar surface area (TPSA) is 43.1 Å². The minimum atomic E-state index is -1.37. The lowest BCUT2D eigenvalue weighted by Gasteiger charge is -2.11. The van der Waals surface area contributed by atoms with Crippen LogP contribution in [0.25, 0.3) is 0 Å². The van der Waals surface area contributed by atoms with Crippen molar-refractivity contribution >= 4 is 10.8 Å². The lowest BCUT2D eigenvalue weighted by molar-refractivity contribution is 0.505. The molecule has 0 radical (unpaired) electrons. The van der Waals surface area contributed by atoms with Crippen LogP contribution < -0.4 is 5.73 Å². The van der Waals surface area contributed by atoms with E-state index in [1.54, 1.807) is 0 Å². The molecule has 2 nitrogen and oxygen atoms in total. The molecule has 1 aromatic rings. The van der Waals surface area contributed by atoms with Crippen molar-refractivity contribution < 1.29 is 13.0 Å². The van der Waals surface area contributed by atoms with Crippen molar-refractivity contribution in [2.24, 2.45) is 5.73 Å². The number of benzene rings is 1. The lowest BCUT2D eigenvalue weighted by Crippen LogP contribution is -2.24. The first-order valence-electron chi connectivity index (χ1n) is 4.65. The molecule has 0 aromatic heterocycles. The van der Waals surface area contributed by atoms with Crippen molar-refractivity contribution in [3.8, 4) is 0 Å². The van der Waals surface area contributed by atoms with Gasteiger partial charge in [-0.15, -0.1) is 0 Å². The highest BCUT2D eigenvalue weighted by atomic mass is 32.2. The van der Waals surface area contributed by atoms with Crippen LogP contribution in [0.3, 0.4) is 0 Å². The lowest BCUT2D eigenvalue weighted by atomic mass is 10.3. The van der Waals surface area contributed by atoms with Gasteiger partial charge in [-0.25, -0.2) is 8.78 Å². The largest absolute Gasteiger partial charge is 0.329 e. The van der Waals surface area contributed by atoms with Gasteiger partial charge in [0, 0.05) is 11.4 Å². The normalized spacial score (nSPS) is 14.9. The van der Waals surface area contributed by atoms with Gasteiger partial charge in [-0.2, -0.15) is 0 Å². The molecule has 2 N–H and O–H groups in total. The summed E-state index contributed by atoms with van der Waals surface area (Å²) < 4.78 is 37.3. The van der Waals surface area contributed by atoms with Crippen molar-refractivity contribution in [2.75, 3.05) is 6.54 Å². The number of rotatable bonds is 4. The first-order chi connectivity index (χ1) is 7.10. The summed E-state index contributed by atoms with van der Waals surface area (Å²) in [6.45, 7) is 2.12. The van der Waals surface area contributed by atoms with Gasteiger partial charge in [0.15, 0.2) is 11.6 Å². The zero-order valence-electron chi connectivity index (χ0n) is 8.37. The number of halogens is 2. The van der Waals surface area contributed by atoms with Gasteiger partial charge in [0.05, 0.1) is 16.0 Å². The maximum absolute atomic E-state index is 12.9. The van der Waals surface area contributed by atoms with Crippen LogP contribution in [0, 0.1) is 11.6 Å². The SMILES string of the molecule is CCC(CN)S(=O)c1ccc(F)c(F)c1. The van der Waals surface area contributed by atoms with Crippen LogP contribution in [0.5, 0.6) is 0 Å². The summed E-state index contributed by atoms with van der Waals surface area (Å²) in [6, 6.07) is 3.27. The number of hydrogen-bond acceptors (Lipinski definition) is 2. The molecule has 5 heteroatoms. The Morgan fingerprint density at radius 3 is 2.53 bits per heavy atom. The summed E-state index contributed by atoms with van der Waals surface area (Å²) in [5.74, 6) is -1.91. The van der Waals surface area contributed by atoms with Gasteiger partial charge in [-0.3, -0.25) is 4.21 Å². The molecule has 1 rings (SSSR count). The van der Waals surface area contributed by atoms with Gasteiger partial charge in [-0.05, 0) is 24.6 Å². The first kappa shape index (κ1) is 12.3. The molecular weight excluding hydrogens is 220 g/mol. The minimum Gasteiger partial charge on any atom is -0.329 e. The monoisotopic (exact) mass is 233 g/mol. The fraction of sp³-hybridized carbons (Fsp3) is 0.400. The number of hydrogen-bond donors (Lipinski definition) is 1. The average Bonchev–Trinajstić information content (AvgIpc) is 2.23. The average molecular weight is 233 g/mol. The highest BCUT2D eigenvalue weighted by molar-refractivity contribution is 7.85. The third kappa shape index (κ3) is 2.82. The van der Waals surface area contributed by atoms with Crippen molar-refractivity contribution in [2.45, 2.75) is 23.5 Å². The Kier molecular flexibility index (Phi) is 4.35. The standard InChI is InChI=1S/C10H13F2NOS/c1-2-7(6-13)15(14)8-3-4-9(11)10(12)5-8/h3-5,7H,2,6,13H2,1H3. The van der Waals surface area contributed by atoms with Gasteiger partial charge in [0.2, 0.25) is 0 Å². The van der Waals surface area contributed by atoms with Crippen LogP contribution in [-0.4, -0.2) is 16.0 Å². The quantitative estimate of drug-likeness (QED) is 0.861. The second-order valence-corrected chi connectivity index (χ2v) is 4.87. The van der Waals surface area contributed by atoms with Crippen LogP contribution in [0.2, 0.25) is 0 Å². The summed E-state index contributed by atoms with van der Waals surface area (Å²) in [5.41, 5.74) is 5.43. The van der Waals surface area contributed by atoms with E-state index in [1.165, 1.54) is 6.07 Å². The highest BCUT2D eigenvalue weighted by Gasteiger charge is 2.16. The molecule has 0 aliphatic carbocycles. The zero-order valence-corrected chi connectivity index (χ0v) is 9.19. The predicted octanol–water partition coefficient (Wildman–Crippen LogP) is 1.81. The molecule has 0 aliphatic heterocycles. The maximum atomic E-state index is 12.9. The summed E-state index contributed by atoms with van der Waals surface area (Å²) in [5, 5.41) is -0.213. The summed E-state index contributed by atoms with van der Waals surface area (Å²) in [4.78, 5) is 0.284. The van der Waals surface area contributed by atoms with E-state index in [0.29, 0.717) is 6.42 Å². The molecule has 84 valence electrons. The molecule has 2 unspecified atom stereocenters. The smallest absolute Gasteiger partial charge is 0.160 e. The molecule has 0 fully saturated rings. The van der Waals surface area contributed by atoms with E-state index >= 15 is 0 Å². The second-order valence-electron chi connectivity index (χ2n) is 3.14. The minimum absolute atomic E-state index is 0.213. The van der Waals surface area contributed by atoms with Crippen LogP contribution in [-0.2, 0) is 10.8 Å². The maximum Gasteiger partial charge on any atom is 0.160 e. The van der Waals surface area contributed by atoms with Gasteiger partial charge in [-0.1, -0.05) is 6.92 Å². The Balaban J connectivity index is 2.96. The molecular formula is C10H13F2NOS. The van der Waals surface area contributed by atoms with Crippen LogP contribution in [0.1, 0.15) is 13.3 Å². The fourth-order valence-electron chi connectivity index (χ4n) is 1.20. The summed E-state index contributed by atoms with van der Waals surface area (Å²) in [6.07, 6.45) is 0.641. The van der Waals surface area contributed by atoms with E-state index in [2.05, 4.69) is 0 Å². The van der Waals surface area contributed by atoms with E-state index in [9.17, 15) is 13.0 Å². The van der Waals surface area contributed by atoms with Gasteiger partial charge >= 0.3 is 0 Å². The van der Waals surface area contributed by atoms with Gasteiger partial charge < -0.3 is 5.73 Å². The molecule has 15 heavy (non-hydrogen) atoms. The molecule has 2 atom stereocenters.